The van der Waals surface area contributed by atoms with Crippen LogP contribution in [0.2, 0.25) is 0 Å². The highest BCUT2D eigenvalue weighted by atomic mass is 32.2. The molecule has 0 aromatic heterocycles. The van der Waals surface area contributed by atoms with Crippen molar-refractivity contribution in [3.63, 3.8) is 0 Å². The molecular formula is C14H9F3N2O3S. The van der Waals surface area contributed by atoms with Crippen LogP contribution in [-0.2, 0) is 16.2 Å². The van der Waals surface area contributed by atoms with E-state index in [1.807, 2.05) is 4.72 Å². The Kier molecular flexibility index (Phi) is 4.20. The summed E-state index contributed by atoms with van der Waals surface area (Å²) in [6, 6.07) is 9.00. The predicted molar refractivity (Wildman–Crippen MR) is 75.1 cm³/mol. The van der Waals surface area contributed by atoms with Crippen molar-refractivity contribution in [3.8, 4) is 11.8 Å². The highest BCUT2D eigenvalue weighted by molar-refractivity contribution is 7.92. The van der Waals surface area contributed by atoms with Gasteiger partial charge in [0.2, 0.25) is 0 Å². The van der Waals surface area contributed by atoms with Gasteiger partial charge in [-0.2, -0.15) is 18.4 Å². The monoisotopic (exact) mass is 342 g/mol. The van der Waals surface area contributed by atoms with Crippen molar-refractivity contribution in [1.82, 2.24) is 0 Å². The van der Waals surface area contributed by atoms with Crippen LogP contribution in [0.1, 0.15) is 11.1 Å². The molecule has 0 radical (unpaired) electrons. The number of rotatable bonds is 3. The number of phenols is 1. The van der Waals surface area contributed by atoms with Crippen LogP contribution in [0.15, 0.2) is 47.4 Å². The lowest BCUT2D eigenvalue weighted by Crippen LogP contribution is -2.13. The maximum Gasteiger partial charge on any atom is 0.419 e. The zero-order valence-corrected chi connectivity index (χ0v) is 12.1. The Labute approximate surface area is 129 Å². The van der Waals surface area contributed by atoms with Gasteiger partial charge in [-0.3, -0.25) is 4.72 Å². The first-order valence-electron chi connectivity index (χ1n) is 6.07. The summed E-state index contributed by atoms with van der Waals surface area (Å²) in [7, 11) is -4.10. The summed E-state index contributed by atoms with van der Waals surface area (Å²) in [5.74, 6) is -1.09. The number of alkyl halides is 3. The van der Waals surface area contributed by atoms with Gasteiger partial charge in [0.05, 0.1) is 27.8 Å². The van der Waals surface area contributed by atoms with Gasteiger partial charge in [-0.1, -0.05) is 6.07 Å². The molecule has 0 aliphatic carbocycles. The molecule has 9 heteroatoms. The van der Waals surface area contributed by atoms with Crippen molar-refractivity contribution >= 4 is 15.7 Å². The summed E-state index contributed by atoms with van der Waals surface area (Å²) in [5, 5.41) is 18.1. The van der Waals surface area contributed by atoms with E-state index < -0.39 is 27.5 Å². The van der Waals surface area contributed by atoms with E-state index in [2.05, 4.69) is 0 Å². The molecule has 2 aromatic rings. The quantitative estimate of drug-likeness (QED) is 0.897. The second kappa shape index (κ2) is 5.81. The summed E-state index contributed by atoms with van der Waals surface area (Å²) < 4.78 is 63.9. The zero-order valence-electron chi connectivity index (χ0n) is 11.3. The van der Waals surface area contributed by atoms with Crippen LogP contribution in [0.4, 0.5) is 18.9 Å². The fourth-order valence-electron chi connectivity index (χ4n) is 1.78. The lowest BCUT2D eigenvalue weighted by Gasteiger charge is -2.12. The molecule has 0 fully saturated rings. The number of halogens is 3. The van der Waals surface area contributed by atoms with E-state index in [9.17, 15) is 26.7 Å². The van der Waals surface area contributed by atoms with E-state index in [1.165, 1.54) is 18.2 Å². The summed E-state index contributed by atoms with van der Waals surface area (Å²) in [4.78, 5) is -0.226. The third-order valence-electron chi connectivity index (χ3n) is 2.83. The SMILES string of the molecule is N#Cc1cccc(S(=O)(=O)Nc2ccc(C(F)(F)F)c(O)c2)c1. The van der Waals surface area contributed by atoms with Gasteiger partial charge >= 0.3 is 6.18 Å². The molecule has 0 saturated carbocycles. The van der Waals surface area contributed by atoms with Crippen molar-refractivity contribution in [2.45, 2.75) is 11.1 Å². The maximum atomic E-state index is 12.5. The van der Waals surface area contributed by atoms with E-state index >= 15 is 0 Å². The molecule has 2 aromatic carbocycles. The van der Waals surface area contributed by atoms with E-state index in [1.54, 1.807) is 6.07 Å². The smallest absolute Gasteiger partial charge is 0.419 e. The lowest BCUT2D eigenvalue weighted by molar-refractivity contribution is -0.138. The predicted octanol–water partition coefficient (Wildman–Crippen LogP) is 3.08. The van der Waals surface area contributed by atoms with Crippen molar-refractivity contribution in [2.24, 2.45) is 0 Å². The molecule has 0 saturated heterocycles. The maximum absolute atomic E-state index is 12.5. The average Bonchev–Trinajstić information content (AvgIpc) is 2.45. The Bertz CT molecular complexity index is 887. The first-order chi connectivity index (χ1) is 10.6. The van der Waals surface area contributed by atoms with Gasteiger partial charge in [-0.25, -0.2) is 8.42 Å². The minimum absolute atomic E-state index is 0.114. The standard InChI is InChI=1S/C14H9F3N2O3S/c15-14(16,17)12-5-4-10(7-13(12)20)19-23(21,22)11-3-1-2-9(6-11)8-18/h1-7,19-20H. The largest absolute Gasteiger partial charge is 0.507 e. The molecule has 5 nitrogen and oxygen atoms in total. The van der Waals surface area contributed by atoms with Gasteiger partial charge in [0, 0.05) is 6.07 Å². The number of aromatic hydroxyl groups is 1. The first kappa shape index (κ1) is 16.6. The molecule has 0 spiro atoms. The summed E-state index contributed by atoms with van der Waals surface area (Å²) in [6.45, 7) is 0. The Morgan fingerprint density at radius 3 is 2.39 bits per heavy atom. The topological polar surface area (TPSA) is 90.2 Å². The van der Waals surface area contributed by atoms with Gasteiger partial charge in [0.15, 0.2) is 0 Å². The minimum atomic E-state index is -4.75. The molecule has 0 heterocycles. The molecule has 0 bridgehead atoms. The summed E-state index contributed by atoms with van der Waals surface area (Å²) in [5.41, 5.74) is -1.40. The number of nitrogens with one attached hydrogen (secondary N) is 1. The van der Waals surface area contributed by atoms with E-state index in [0.717, 1.165) is 12.1 Å². The first-order valence-corrected chi connectivity index (χ1v) is 7.55. The minimum Gasteiger partial charge on any atom is -0.507 e. The van der Waals surface area contributed by atoms with Gasteiger partial charge in [0.25, 0.3) is 10.0 Å². The van der Waals surface area contributed by atoms with Gasteiger partial charge in [-0.15, -0.1) is 0 Å². The highest BCUT2D eigenvalue weighted by Crippen LogP contribution is 2.37. The number of benzene rings is 2. The molecule has 0 atom stereocenters. The number of anilines is 1. The van der Waals surface area contributed by atoms with Crippen LogP contribution < -0.4 is 4.72 Å². The van der Waals surface area contributed by atoms with Crippen molar-refractivity contribution in [3.05, 3.63) is 53.6 Å². The fourth-order valence-corrected chi connectivity index (χ4v) is 2.88. The molecule has 120 valence electrons. The summed E-state index contributed by atoms with van der Waals surface area (Å²) in [6.07, 6.45) is -4.75. The van der Waals surface area contributed by atoms with Gasteiger partial charge in [-0.05, 0) is 30.3 Å². The second-order valence-corrected chi connectivity index (χ2v) is 6.16. The van der Waals surface area contributed by atoms with Crippen LogP contribution in [0.5, 0.6) is 5.75 Å². The fraction of sp³-hybridized carbons (Fsp3) is 0.0714. The number of nitriles is 1. The number of nitrogens with zero attached hydrogens (tertiary/aromatic N) is 1. The third kappa shape index (κ3) is 3.73. The van der Waals surface area contributed by atoms with Crippen molar-refractivity contribution in [1.29, 1.82) is 5.26 Å². The third-order valence-corrected chi connectivity index (χ3v) is 4.21. The number of phenolic OH excluding ortho intramolecular Hbond substituents is 1. The molecule has 0 aliphatic heterocycles. The molecule has 0 amide bonds. The second-order valence-electron chi connectivity index (χ2n) is 4.47. The molecular weight excluding hydrogens is 333 g/mol. The van der Waals surface area contributed by atoms with Gasteiger partial charge < -0.3 is 5.11 Å². The molecule has 23 heavy (non-hydrogen) atoms. The average molecular weight is 342 g/mol. The van der Waals surface area contributed by atoms with Crippen molar-refractivity contribution in [2.75, 3.05) is 4.72 Å². The van der Waals surface area contributed by atoms with E-state index in [-0.39, 0.29) is 16.1 Å². The number of hydrogen-bond donors (Lipinski definition) is 2. The van der Waals surface area contributed by atoms with E-state index in [0.29, 0.717) is 12.1 Å². The molecule has 2 rings (SSSR count). The Balaban J connectivity index is 2.35. The van der Waals surface area contributed by atoms with Crippen LogP contribution in [0.3, 0.4) is 0 Å². The zero-order chi connectivity index (χ0) is 17.3. The van der Waals surface area contributed by atoms with Gasteiger partial charge in [0.1, 0.15) is 5.75 Å². The van der Waals surface area contributed by atoms with Crippen LogP contribution >= 0.6 is 0 Å². The van der Waals surface area contributed by atoms with Crippen LogP contribution in [0.25, 0.3) is 0 Å². The van der Waals surface area contributed by atoms with E-state index in [4.69, 9.17) is 5.26 Å². The summed E-state index contributed by atoms with van der Waals surface area (Å²) >= 11 is 0. The molecule has 0 unspecified atom stereocenters. The lowest BCUT2D eigenvalue weighted by atomic mass is 10.2. The Morgan fingerprint density at radius 2 is 1.83 bits per heavy atom. The van der Waals surface area contributed by atoms with Crippen LogP contribution in [-0.4, -0.2) is 13.5 Å². The molecule has 2 N–H and O–H groups in total. The normalized spacial score (nSPS) is 11.7. The Hall–Kier alpha value is -2.73. The number of hydrogen-bond acceptors (Lipinski definition) is 4. The number of sulfonamides is 1. The Morgan fingerprint density at radius 1 is 1.13 bits per heavy atom. The molecule has 0 aliphatic rings. The van der Waals surface area contributed by atoms with Crippen LogP contribution in [0, 0.1) is 11.3 Å². The highest BCUT2D eigenvalue weighted by Gasteiger charge is 2.33. The van der Waals surface area contributed by atoms with Crippen molar-refractivity contribution < 1.29 is 26.7 Å².